The van der Waals surface area contributed by atoms with E-state index in [4.69, 9.17) is 5.11 Å². The van der Waals surface area contributed by atoms with Crippen LogP contribution in [0.4, 0.5) is 13.2 Å². The fourth-order valence-electron chi connectivity index (χ4n) is 2.73. The summed E-state index contributed by atoms with van der Waals surface area (Å²) in [5.74, 6) is -2.57. The van der Waals surface area contributed by atoms with Gasteiger partial charge < -0.3 is 10.0 Å². The van der Waals surface area contributed by atoms with Crippen molar-refractivity contribution in [1.82, 2.24) is 4.90 Å². The molecule has 1 aliphatic rings. The molecule has 1 aliphatic carbocycles. The maximum Gasteiger partial charge on any atom is 0.416 e. The molecular formula is C16H18F3NO3. The minimum absolute atomic E-state index is 0.292. The second-order valence-corrected chi connectivity index (χ2v) is 5.71. The maximum atomic E-state index is 12.8. The molecule has 0 radical (unpaired) electrons. The zero-order valence-corrected chi connectivity index (χ0v) is 12.8. The van der Waals surface area contributed by atoms with Crippen LogP contribution in [0.2, 0.25) is 0 Å². The lowest BCUT2D eigenvalue weighted by Crippen LogP contribution is -2.35. The zero-order valence-electron chi connectivity index (χ0n) is 12.8. The number of amides is 1. The molecule has 0 bridgehead atoms. The summed E-state index contributed by atoms with van der Waals surface area (Å²) in [5, 5.41) is 8.91. The number of carbonyl (C=O) groups excluding carboxylic acids is 1. The average molecular weight is 329 g/mol. The predicted octanol–water partition coefficient (Wildman–Crippen LogP) is 3.34. The van der Waals surface area contributed by atoms with E-state index in [1.165, 1.54) is 17.0 Å². The monoisotopic (exact) mass is 329 g/mol. The van der Waals surface area contributed by atoms with Crippen molar-refractivity contribution in [1.29, 1.82) is 0 Å². The Bertz CT molecular complexity index is 615. The molecule has 0 spiro atoms. The Morgan fingerprint density at radius 1 is 1.35 bits per heavy atom. The van der Waals surface area contributed by atoms with Crippen LogP contribution in [0.5, 0.6) is 0 Å². The topological polar surface area (TPSA) is 57.6 Å². The van der Waals surface area contributed by atoms with Gasteiger partial charge in [0.25, 0.3) is 0 Å². The molecule has 1 fully saturated rings. The molecule has 1 saturated carbocycles. The van der Waals surface area contributed by atoms with Crippen LogP contribution in [0.1, 0.15) is 37.4 Å². The standard InChI is InChI=1S/C16H18F3NO3/c1-3-20(14(21)12-8-13(12)15(22)23)9(2)10-5-4-6-11(7-10)16(17,18)19/h4-7,9,12-13H,3,8H2,1-2H3,(H,22,23). The summed E-state index contributed by atoms with van der Waals surface area (Å²) in [7, 11) is 0. The lowest BCUT2D eigenvalue weighted by atomic mass is 10.0. The Kier molecular flexibility index (Phi) is 4.68. The largest absolute Gasteiger partial charge is 0.481 e. The van der Waals surface area contributed by atoms with Gasteiger partial charge in [-0.25, -0.2) is 0 Å². The molecule has 0 heterocycles. The van der Waals surface area contributed by atoms with E-state index in [0.29, 0.717) is 18.5 Å². The van der Waals surface area contributed by atoms with E-state index in [-0.39, 0.29) is 5.91 Å². The van der Waals surface area contributed by atoms with Gasteiger partial charge >= 0.3 is 12.1 Å². The molecule has 1 aromatic rings. The van der Waals surface area contributed by atoms with Gasteiger partial charge in [-0.05, 0) is 38.0 Å². The van der Waals surface area contributed by atoms with Gasteiger partial charge in [-0.2, -0.15) is 13.2 Å². The molecule has 2 rings (SSSR count). The van der Waals surface area contributed by atoms with Crippen LogP contribution in [0.15, 0.2) is 24.3 Å². The highest BCUT2D eigenvalue weighted by molar-refractivity contribution is 5.89. The van der Waals surface area contributed by atoms with Crippen molar-refractivity contribution in [3.8, 4) is 0 Å². The van der Waals surface area contributed by atoms with Gasteiger partial charge in [0.1, 0.15) is 0 Å². The highest BCUT2D eigenvalue weighted by Crippen LogP contribution is 2.41. The van der Waals surface area contributed by atoms with Crippen molar-refractivity contribution >= 4 is 11.9 Å². The summed E-state index contributed by atoms with van der Waals surface area (Å²) in [4.78, 5) is 24.7. The molecule has 23 heavy (non-hydrogen) atoms. The highest BCUT2D eigenvalue weighted by atomic mass is 19.4. The van der Waals surface area contributed by atoms with E-state index in [1.54, 1.807) is 13.8 Å². The van der Waals surface area contributed by atoms with Crippen molar-refractivity contribution < 1.29 is 27.9 Å². The van der Waals surface area contributed by atoms with E-state index in [2.05, 4.69) is 0 Å². The number of halogens is 3. The van der Waals surface area contributed by atoms with Crippen molar-refractivity contribution in [2.75, 3.05) is 6.54 Å². The second kappa shape index (κ2) is 6.22. The molecule has 1 N–H and O–H groups in total. The number of carboxylic acids is 1. The van der Waals surface area contributed by atoms with Crippen LogP contribution in [-0.2, 0) is 15.8 Å². The molecular weight excluding hydrogens is 311 g/mol. The van der Waals surface area contributed by atoms with E-state index in [9.17, 15) is 22.8 Å². The number of carboxylic acid groups (broad SMARTS) is 1. The second-order valence-electron chi connectivity index (χ2n) is 5.71. The summed E-state index contributed by atoms with van der Waals surface area (Å²) < 4.78 is 38.4. The SMILES string of the molecule is CCN(C(=O)C1CC1C(=O)O)C(C)c1cccc(C(F)(F)F)c1. The lowest BCUT2D eigenvalue weighted by molar-refractivity contribution is -0.142. The van der Waals surface area contributed by atoms with Gasteiger partial charge in [0.15, 0.2) is 0 Å². The number of hydrogen-bond donors (Lipinski definition) is 1. The van der Waals surface area contributed by atoms with E-state index in [0.717, 1.165) is 12.1 Å². The molecule has 1 aromatic carbocycles. The number of aliphatic carboxylic acids is 1. The first-order chi connectivity index (χ1) is 10.7. The van der Waals surface area contributed by atoms with Crippen LogP contribution in [0.25, 0.3) is 0 Å². The fourth-order valence-corrected chi connectivity index (χ4v) is 2.73. The molecule has 0 saturated heterocycles. The quantitative estimate of drug-likeness (QED) is 0.901. The van der Waals surface area contributed by atoms with Crippen LogP contribution >= 0.6 is 0 Å². The Morgan fingerprint density at radius 2 is 2.00 bits per heavy atom. The smallest absolute Gasteiger partial charge is 0.416 e. The molecule has 7 heteroatoms. The Hall–Kier alpha value is -2.05. The molecule has 3 atom stereocenters. The lowest BCUT2D eigenvalue weighted by Gasteiger charge is -2.29. The molecule has 3 unspecified atom stereocenters. The van der Waals surface area contributed by atoms with E-state index < -0.39 is 35.6 Å². The zero-order chi connectivity index (χ0) is 17.4. The van der Waals surface area contributed by atoms with Gasteiger partial charge in [-0.3, -0.25) is 9.59 Å². The summed E-state index contributed by atoms with van der Waals surface area (Å²) >= 11 is 0. The maximum absolute atomic E-state index is 12.8. The van der Waals surface area contributed by atoms with Gasteiger partial charge in [-0.1, -0.05) is 12.1 Å². The molecule has 1 amide bonds. The first-order valence-corrected chi connectivity index (χ1v) is 7.37. The van der Waals surface area contributed by atoms with E-state index >= 15 is 0 Å². The Balaban J connectivity index is 2.19. The fraction of sp³-hybridized carbons (Fsp3) is 0.500. The van der Waals surface area contributed by atoms with Gasteiger partial charge in [0.05, 0.1) is 23.4 Å². The van der Waals surface area contributed by atoms with Crippen molar-refractivity contribution in [2.45, 2.75) is 32.5 Å². The summed E-state index contributed by atoms with van der Waals surface area (Å²) in [6.45, 7) is 3.67. The number of carbonyl (C=O) groups is 2. The average Bonchev–Trinajstić information content (AvgIpc) is 3.27. The third kappa shape index (κ3) is 3.65. The summed E-state index contributed by atoms with van der Waals surface area (Å²) in [5.41, 5.74) is -0.386. The van der Waals surface area contributed by atoms with Crippen LogP contribution in [-0.4, -0.2) is 28.4 Å². The summed E-state index contributed by atoms with van der Waals surface area (Å²) in [6.07, 6.45) is -4.15. The minimum atomic E-state index is -4.44. The first-order valence-electron chi connectivity index (χ1n) is 7.37. The third-order valence-electron chi connectivity index (χ3n) is 4.21. The molecule has 4 nitrogen and oxygen atoms in total. The normalized spacial score (nSPS) is 21.6. The Labute approximate surface area is 131 Å². The molecule has 0 aliphatic heterocycles. The summed E-state index contributed by atoms with van der Waals surface area (Å²) in [6, 6.07) is 4.31. The third-order valence-corrected chi connectivity index (χ3v) is 4.21. The first kappa shape index (κ1) is 17.3. The van der Waals surface area contributed by atoms with Gasteiger partial charge in [0.2, 0.25) is 5.91 Å². The van der Waals surface area contributed by atoms with Crippen LogP contribution in [0, 0.1) is 11.8 Å². The predicted molar refractivity (Wildman–Crippen MR) is 76.5 cm³/mol. The van der Waals surface area contributed by atoms with E-state index in [1.807, 2.05) is 0 Å². The van der Waals surface area contributed by atoms with Crippen LogP contribution in [0.3, 0.4) is 0 Å². The Morgan fingerprint density at radius 3 is 2.48 bits per heavy atom. The minimum Gasteiger partial charge on any atom is -0.481 e. The number of hydrogen-bond acceptors (Lipinski definition) is 2. The number of alkyl halides is 3. The highest BCUT2D eigenvalue weighted by Gasteiger charge is 2.50. The molecule has 126 valence electrons. The van der Waals surface area contributed by atoms with Gasteiger partial charge in [-0.15, -0.1) is 0 Å². The number of nitrogens with zero attached hydrogens (tertiary/aromatic N) is 1. The van der Waals surface area contributed by atoms with Crippen molar-refractivity contribution in [3.63, 3.8) is 0 Å². The van der Waals surface area contributed by atoms with Crippen LogP contribution < -0.4 is 0 Å². The number of rotatable bonds is 5. The van der Waals surface area contributed by atoms with Crippen molar-refractivity contribution in [2.24, 2.45) is 11.8 Å². The molecule has 0 aromatic heterocycles. The number of benzene rings is 1. The van der Waals surface area contributed by atoms with Gasteiger partial charge in [0, 0.05) is 6.54 Å². The van der Waals surface area contributed by atoms with Crippen molar-refractivity contribution in [3.05, 3.63) is 35.4 Å².